The van der Waals surface area contributed by atoms with E-state index < -0.39 is 15.4 Å². The molecule has 1 N–H and O–H groups in total. The smallest absolute Gasteiger partial charge is 0.748 e. The molecule has 2 unspecified atom stereocenters. The Morgan fingerprint density at radius 3 is 1.52 bits per heavy atom. The van der Waals surface area contributed by atoms with Gasteiger partial charge in [0.25, 0.3) is 0 Å². The molecule has 0 aromatic carbocycles. The predicted octanol–water partition coefficient (Wildman–Crippen LogP) is 2.16. The molecule has 0 aromatic rings. The van der Waals surface area contributed by atoms with Gasteiger partial charge in [-0.25, -0.2) is 8.42 Å². The van der Waals surface area contributed by atoms with Crippen molar-refractivity contribution in [3.05, 3.63) is 0 Å². The maximum Gasteiger partial charge on any atom is 1.00 e. The van der Waals surface area contributed by atoms with Crippen molar-refractivity contribution < 1.29 is 69.5 Å². The van der Waals surface area contributed by atoms with E-state index in [2.05, 4.69) is 6.92 Å². The second-order valence-corrected chi connectivity index (χ2v) is 9.00. The summed E-state index contributed by atoms with van der Waals surface area (Å²) in [6.45, 7) is 3.70. The summed E-state index contributed by atoms with van der Waals surface area (Å²) in [5, 5.41) is 9.14. The average molecular weight is 403 g/mol. The third-order valence-corrected chi connectivity index (χ3v) is 6.00. The van der Waals surface area contributed by atoms with Gasteiger partial charge in [0.2, 0.25) is 0 Å². The summed E-state index contributed by atoms with van der Waals surface area (Å²) in [6.07, 6.45) is 16.1. The minimum atomic E-state index is -4.10. The first kappa shape index (κ1) is 28.7. The minimum Gasteiger partial charge on any atom is -0.748 e. The summed E-state index contributed by atoms with van der Waals surface area (Å²) in [4.78, 5) is 0. The third kappa shape index (κ3) is 20.1. The second-order valence-electron chi connectivity index (χ2n) is 7.21. The molecule has 0 aromatic heterocycles. The number of hydrogen-bond donors (Lipinski definition) is 1. The number of aliphatic hydroxyl groups is 1. The molecular weight excluding hydrogens is 363 g/mol. The predicted molar refractivity (Wildman–Crippen MR) is 100 cm³/mol. The van der Waals surface area contributed by atoms with E-state index in [0.29, 0.717) is 6.42 Å². The first-order chi connectivity index (χ1) is 11.4. The molecule has 146 valence electrons. The summed E-state index contributed by atoms with van der Waals surface area (Å²) in [5.74, 6) is 0. The van der Waals surface area contributed by atoms with E-state index >= 15 is 0 Å². The van der Waals surface area contributed by atoms with Crippen molar-refractivity contribution in [1.82, 2.24) is 0 Å². The van der Waals surface area contributed by atoms with Crippen LogP contribution in [0.1, 0.15) is 110 Å². The van der Waals surface area contributed by atoms with E-state index in [0.717, 1.165) is 44.9 Å². The van der Waals surface area contributed by atoms with E-state index in [1.165, 1.54) is 51.9 Å². The molecule has 0 fully saturated rings. The molecule has 6 heteroatoms. The Morgan fingerprint density at radius 2 is 1.12 bits per heavy atom. The summed E-state index contributed by atoms with van der Waals surface area (Å²) in [6, 6.07) is 0. The van der Waals surface area contributed by atoms with Crippen molar-refractivity contribution in [2.45, 2.75) is 122 Å². The van der Waals surface area contributed by atoms with Crippen LogP contribution in [-0.2, 0) is 10.1 Å². The van der Waals surface area contributed by atoms with Gasteiger partial charge in [0.1, 0.15) is 0 Å². The monoisotopic (exact) mass is 402 g/mol. The second kappa shape index (κ2) is 18.9. The zero-order chi connectivity index (χ0) is 18.3. The Labute approximate surface area is 199 Å². The van der Waals surface area contributed by atoms with Crippen LogP contribution in [0.5, 0.6) is 0 Å². The molecule has 0 bridgehead atoms. The first-order valence-corrected chi connectivity index (χ1v) is 11.5. The standard InChI is InChI=1S/C19H40O4S.K/c1-3-4-5-13-16-19(20)17-14-11-9-7-6-8-10-12-15-18(2)24(21,22)23;/h18-20H,3-17H2,1-2H3,(H,21,22,23);/q;+1/p-1. The SMILES string of the molecule is CCCCCCC(O)CCCCCCCCCCC(C)S(=O)(=O)[O-].[K+]. The van der Waals surface area contributed by atoms with E-state index in [4.69, 9.17) is 0 Å². The minimum absolute atomic E-state index is 0. The first-order valence-electron chi connectivity index (χ1n) is 10.0. The van der Waals surface area contributed by atoms with Crippen LogP contribution < -0.4 is 51.4 Å². The van der Waals surface area contributed by atoms with Crippen LogP contribution in [0.2, 0.25) is 0 Å². The number of unbranched alkanes of at least 4 members (excludes halogenated alkanes) is 10. The maximum atomic E-state index is 10.8. The maximum absolute atomic E-state index is 10.8. The average Bonchev–Trinajstić information content (AvgIpc) is 2.52. The van der Waals surface area contributed by atoms with Crippen LogP contribution >= 0.6 is 0 Å². The summed E-state index contributed by atoms with van der Waals surface area (Å²) < 4.78 is 32.3. The van der Waals surface area contributed by atoms with Gasteiger partial charge >= 0.3 is 51.4 Å². The molecule has 0 rings (SSSR count). The van der Waals surface area contributed by atoms with Crippen LogP contribution in [0.15, 0.2) is 0 Å². The number of rotatable bonds is 17. The molecule has 0 saturated heterocycles. The molecular formula is C19H39KO4S. The fourth-order valence-corrected chi connectivity index (χ4v) is 3.42. The van der Waals surface area contributed by atoms with Gasteiger partial charge in [0.15, 0.2) is 0 Å². The van der Waals surface area contributed by atoms with Gasteiger partial charge in [-0.3, -0.25) is 0 Å². The normalized spacial score (nSPS) is 14.1. The Morgan fingerprint density at radius 1 is 0.760 bits per heavy atom. The summed E-state index contributed by atoms with van der Waals surface area (Å²) in [5.41, 5.74) is 0. The largest absolute Gasteiger partial charge is 1.00 e. The van der Waals surface area contributed by atoms with Crippen LogP contribution in [0.3, 0.4) is 0 Å². The quantitative estimate of drug-likeness (QED) is 0.230. The number of aliphatic hydroxyl groups excluding tert-OH is 1. The van der Waals surface area contributed by atoms with Gasteiger partial charge in [0, 0.05) is 5.25 Å². The molecule has 0 amide bonds. The van der Waals surface area contributed by atoms with Gasteiger partial charge in [-0.15, -0.1) is 0 Å². The van der Waals surface area contributed by atoms with Crippen molar-refractivity contribution in [3.8, 4) is 0 Å². The van der Waals surface area contributed by atoms with Gasteiger partial charge in [-0.2, -0.15) is 0 Å². The molecule has 4 nitrogen and oxygen atoms in total. The van der Waals surface area contributed by atoms with Crippen molar-refractivity contribution >= 4 is 10.1 Å². The molecule has 0 radical (unpaired) electrons. The molecule has 0 saturated carbocycles. The zero-order valence-corrected chi connectivity index (χ0v) is 20.8. The molecule has 25 heavy (non-hydrogen) atoms. The van der Waals surface area contributed by atoms with Gasteiger partial charge in [-0.05, 0) is 26.2 Å². The topological polar surface area (TPSA) is 77.4 Å². The van der Waals surface area contributed by atoms with Crippen LogP contribution in [0.4, 0.5) is 0 Å². The number of hydrogen-bond acceptors (Lipinski definition) is 4. The molecule has 0 aliphatic heterocycles. The van der Waals surface area contributed by atoms with Gasteiger partial charge in [-0.1, -0.05) is 84.0 Å². The van der Waals surface area contributed by atoms with Crippen LogP contribution in [-0.4, -0.2) is 29.4 Å². The fraction of sp³-hybridized carbons (Fsp3) is 1.00. The molecule has 0 aliphatic carbocycles. The van der Waals surface area contributed by atoms with E-state index in [1.54, 1.807) is 0 Å². The molecule has 0 aliphatic rings. The van der Waals surface area contributed by atoms with E-state index in [-0.39, 0.29) is 57.5 Å². The zero-order valence-electron chi connectivity index (χ0n) is 16.8. The van der Waals surface area contributed by atoms with Crippen LogP contribution in [0.25, 0.3) is 0 Å². The molecule has 2 atom stereocenters. The Bertz CT molecular complexity index is 374. The van der Waals surface area contributed by atoms with Crippen molar-refractivity contribution in [1.29, 1.82) is 0 Å². The van der Waals surface area contributed by atoms with Gasteiger partial charge < -0.3 is 9.66 Å². The van der Waals surface area contributed by atoms with E-state index in [9.17, 15) is 18.1 Å². The third-order valence-electron chi connectivity index (χ3n) is 4.78. The molecule has 0 spiro atoms. The van der Waals surface area contributed by atoms with Crippen molar-refractivity contribution in [2.24, 2.45) is 0 Å². The Balaban J connectivity index is 0. The summed E-state index contributed by atoms with van der Waals surface area (Å²) >= 11 is 0. The van der Waals surface area contributed by atoms with E-state index in [1.807, 2.05) is 0 Å². The molecule has 0 heterocycles. The van der Waals surface area contributed by atoms with Gasteiger partial charge in [0.05, 0.1) is 16.2 Å². The van der Waals surface area contributed by atoms with Crippen molar-refractivity contribution in [2.75, 3.05) is 0 Å². The Hall–Kier alpha value is 1.51. The van der Waals surface area contributed by atoms with Crippen molar-refractivity contribution in [3.63, 3.8) is 0 Å². The Kier molecular flexibility index (Phi) is 21.7. The summed E-state index contributed by atoms with van der Waals surface area (Å²) in [7, 11) is -4.10. The fourth-order valence-electron chi connectivity index (χ4n) is 2.97. The van der Waals surface area contributed by atoms with Crippen LogP contribution in [0, 0.1) is 0 Å².